The molecule has 0 radical (unpaired) electrons. The highest BCUT2D eigenvalue weighted by Gasteiger charge is 2.36. The topological polar surface area (TPSA) is 58.6 Å². The first kappa shape index (κ1) is 14.7. The Hall–Kier alpha value is -1.20. The van der Waals surface area contributed by atoms with Gasteiger partial charge in [-0.1, -0.05) is 6.07 Å². The van der Waals surface area contributed by atoms with Crippen molar-refractivity contribution in [1.29, 1.82) is 0 Å². The molecule has 2 N–H and O–H groups in total. The predicted molar refractivity (Wildman–Crippen MR) is 83.6 cm³/mol. The number of nitrogens with one attached hydrogen (secondary N) is 1. The van der Waals surface area contributed by atoms with Crippen LogP contribution >= 0.6 is 11.8 Å². The second-order valence-corrected chi connectivity index (χ2v) is 6.70. The molecule has 0 spiro atoms. The van der Waals surface area contributed by atoms with E-state index in [0.29, 0.717) is 11.7 Å². The summed E-state index contributed by atoms with van der Waals surface area (Å²) in [7, 11) is 0. The molecule has 1 saturated carbocycles. The van der Waals surface area contributed by atoms with Gasteiger partial charge in [-0.25, -0.2) is 0 Å². The maximum Gasteiger partial charge on any atom is 0.230 e. The third-order valence-electron chi connectivity index (χ3n) is 4.29. The Kier molecular flexibility index (Phi) is 4.40. The largest absolute Gasteiger partial charge is 0.493 e. The van der Waals surface area contributed by atoms with E-state index in [1.807, 2.05) is 18.4 Å². The van der Waals surface area contributed by atoms with Crippen molar-refractivity contribution in [2.75, 3.05) is 18.6 Å². The third-order valence-corrected chi connectivity index (χ3v) is 4.84. The normalized spacial score (nSPS) is 24.7. The van der Waals surface area contributed by atoms with E-state index in [0.717, 1.165) is 37.2 Å². The van der Waals surface area contributed by atoms with Gasteiger partial charge in [0.15, 0.2) is 0 Å². The lowest BCUT2D eigenvalue weighted by atomic mass is 9.75. The molecule has 1 fully saturated rings. The Morgan fingerprint density at radius 3 is 3.05 bits per heavy atom. The standard InChI is InChI=1S/C16H21NO3S/c1-21-9-15(19)17-16(12-7-13(18)8-12)11-2-3-14-10(6-11)4-5-20-14/h2-3,6,12-13,16,18H,4-5,7-9H2,1H3,(H,17,19)/t12?,13?,16-/m1/s1. The number of rotatable bonds is 5. The number of aliphatic hydroxyl groups excluding tert-OH is 1. The summed E-state index contributed by atoms with van der Waals surface area (Å²) in [5.74, 6) is 1.82. The van der Waals surface area contributed by atoms with Crippen molar-refractivity contribution in [3.05, 3.63) is 29.3 Å². The average Bonchev–Trinajstić information content (AvgIpc) is 2.89. The van der Waals surface area contributed by atoms with Crippen LogP contribution in [0.5, 0.6) is 5.75 Å². The molecule has 0 unspecified atom stereocenters. The zero-order valence-corrected chi connectivity index (χ0v) is 13.0. The lowest BCUT2D eigenvalue weighted by Crippen LogP contribution is -2.42. The summed E-state index contributed by atoms with van der Waals surface area (Å²) < 4.78 is 5.54. The molecule has 1 amide bonds. The van der Waals surface area contributed by atoms with Gasteiger partial charge in [0.2, 0.25) is 5.91 Å². The van der Waals surface area contributed by atoms with E-state index in [2.05, 4.69) is 11.4 Å². The molecule has 0 bridgehead atoms. The van der Waals surface area contributed by atoms with Gasteiger partial charge in [-0.15, -0.1) is 0 Å². The van der Waals surface area contributed by atoms with Crippen LogP contribution in [0.4, 0.5) is 0 Å². The molecule has 1 aromatic carbocycles. The molecule has 3 rings (SSSR count). The number of hydrogen-bond acceptors (Lipinski definition) is 4. The second kappa shape index (κ2) is 6.28. The van der Waals surface area contributed by atoms with E-state index < -0.39 is 0 Å². The fraction of sp³-hybridized carbons (Fsp3) is 0.562. The number of fused-ring (bicyclic) bond motifs is 1. The zero-order valence-electron chi connectivity index (χ0n) is 12.2. The molecule has 1 aromatic rings. The summed E-state index contributed by atoms with van der Waals surface area (Å²) in [6.45, 7) is 0.741. The Bertz CT molecular complexity index is 528. The number of amides is 1. The first-order chi connectivity index (χ1) is 10.2. The Morgan fingerprint density at radius 2 is 2.33 bits per heavy atom. The summed E-state index contributed by atoms with van der Waals surface area (Å²) >= 11 is 1.52. The van der Waals surface area contributed by atoms with Gasteiger partial charge in [0.05, 0.1) is 24.5 Å². The van der Waals surface area contributed by atoms with Crippen molar-refractivity contribution in [2.45, 2.75) is 31.4 Å². The lowest BCUT2D eigenvalue weighted by molar-refractivity contribution is -0.120. The molecular weight excluding hydrogens is 286 g/mol. The van der Waals surface area contributed by atoms with Gasteiger partial charge in [0.25, 0.3) is 0 Å². The van der Waals surface area contributed by atoms with E-state index in [9.17, 15) is 9.90 Å². The van der Waals surface area contributed by atoms with E-state index in [4.69, 9.17) is 4.74 Å². The number of carbonyl (C=O) groups is 1. The van der Waals surface area contributed by atoms with Crippen molar-refractivity contribution in [2.24, 2.45) is 5.92 Å². The van der Waals surface area contributed by atoms with Crippen LogP contribution in [-0.4, -0.2) is 35.7 Å². The zero-order chi connectivity index (χ0) is 14.8. The monoisotopic (exact) mass is 307 g/mol. The first-order valence-electron chi connectivity index (χ1n) is 7.39. The number of ether oxygens (including phenoxy) is 1. The van der Waals surface area contributed by atoms with Crippen molar-refractivity contribution in [1.82, 2.24) is 5.32 Å². The quantitative estimate of drug-likeness (QED) is 0.872. The maximum absolute atomic E-state index is 12.0. The molecule has 1 heterocycles. The van der Waals surface area contributed by atoms with E-state index in [-0.39, 0.29) is 18.1 Å². The Morgan fingerprint density at radius 1 is 1.52 bits per heavy atom. The van der Waals surface area contributed by atoms with Crippen molar-refractivity contribution < 1.29 is 14.6 Å². The SMILES string of the molecule is CSCC(=O)N[C@H](c1ccc2c(c1)CCO2)C1CC(O)C1. The van der Waals surface area contributed by atoms with Crippen LogP contribution in [-0.2, 0) is 11.2 Å². The Balaban J connectivity index is 1.79. The molecule has 1 aliphatic carbocycles. The minimum absolute atomic E-state index is 0.000972. The molecule has 5 heteroatoms. The van der Waals surface area contributed by atoms with Crippen LogP contribution in [0, 0.1) is 5.92 Å². The maximum atomic E-state index is 12.0. The van der Waals surface area contributed by atoms with Crippen LogP contribution in [0.2, 0.25) is 0 Å². The van der Waals surface area contributed by atoms with Crippen molar-refractivity contribution >= 4 is 17.7 Å². The molecule has 114 valence electrons. The summed E-state index contributed by atoms with van der Waals surface area (Å²) in [5, 5.41) is 12.7. The summed E-state index contributed by atoms with van der Waals surface area (Å²) in [4.78, 5) is 12.0. The van der Waals surface area contributed by atoms with Gasteiger partial charge in [-0.3, -0.25) is 4.79 Å². The first-order valence-corrected chi connectivity index (χ1v) is 8.78. The molecule has 4 nitrogen and oxygen atoms in total. The van der Waals surface area contributed by atoms with Crippen LogP contribution in [0.15, 0.2) is 18.2 Å². The number of benzene rings is 1. The summed E-state index contributed by atoms with van der Waals surface area (Å²) in [6.07, 6.45) is 4.17. The molecule has 0 saturated heterocycles. The summed E-state index contributed by atoms with van der Waals surface area (Å²) in [5.41, 5.74) is 2.35. The smallest absolute Gasteiger partial charge is 0.230 e. The van der Waals surface area contributed by atoms with Crippen LogP contribution in [0.1, 0.15) is 30.0 Å². The van der Waals surface area contributed by atoms with Crippen LogP contribution < -0.4 is 10.1 Å². The molecule has 1 atom stereocenters. The van der Waals surface area contributed by atoms with Crippen LogP contribution in [0.3, 0.4) is 0 Å². The highest BCUT2D eigenvalue weighted by molar-refractivity contribution is 7.99. The average molecular weight is 307 g/mol. The van der Waals surface area contributed by atoms with Crippen LogP contribution in [0.25, 0.3) is 0 Å². The van der Waals surface area contributed by atoms with E-state index in [1.165, 1.54) is 17.3 Å². The van der Waals surface area contributed by atoms with Crippen molar-refractivity contribution in [3.63, 3.8) is 0 Å². The highest BCUT2D eigenvalue weighted by Crippen LogP contribution is 2.39. The molecule has 21 heavy (non-hydrogen) atoms. The van der Waals surface area contributed by atoms with E-state index in [1.54, 1.807) is 0 Å². The minimum Gasteiger partial charge on any atom is -0.493 e. The van der Waals surface area contributed by atoms with Gasteiger partial charge in [-0.2, -0.15) is 11.8 Å². The van der Waals surface area contributed by atoms with Gasteiger partial charge >= 0.3 is 0 Å². The molecule has 2 aliphatic rings. The summed E-state index contributed by atoms with van der Waals surface area (Å²) in [6, 6.07) is 6.19. The Labute approximate surface area is 129 Å². The fourth-order valence-corrected chi connectivity index (χ4v) is 3.47. The predicted octanol–water partition coefficient (Wildman–Crippen LogP) is 1.91. The van der Waals surface area contributed by atoms with Gasteiger partial charge in [-0.05, 0) is 48.3 Å². The van der Waals surface area contributed by atoms with Gasteiger partial charge < -0.3 is 15.2 Å². The second-order valence-electron chi connectivity index (χ2n) is 5.83. The van der Waals surface area contributed by atoms with Crippen molar-refractivity contribution in [3.8, 4) is 5.75 Å². The number of hydrogen-bond donors (Lipinski definition) is 2. The highest BCUT2D eigenvalue weighted by atomic mass is 32.2. The minimum atomic E-state index is -0.215. The number of thioether (sulfide) groups is 1. The molecular formula is C16H21NO3S. The third kappa shape index (κ3) is 3.19. The van der Waals surface area contributed by atoms with Gasteiger partial charge in [0.1, 0.15) is 5.75 Å². The van der Waals surface area contributed by atoms with E-state index >= 15 is 0 Å². The lowest BCUT2D eigenvalue weighted by Gasteiger charge is -2.38. The molecule has 1 aliphatic heterocycles. The molecule has 0 aromatic heterocycles. The number of aliphatic hydroxyl groups is 1. The number of carbonyl (C=O) groups excluding carboxylic acids is 1. The van der Waals surface area contributed by atoms with Gasteiger partial charge in [0, 0.05) is 6.42 Å². The fourth-order valence-electron chi connectivity index (χ4n) is 3.12.